The minimum Gasteiger partial charge on any atom is -0.341 e. The molecule has 104 valence electrons. The number of aromatic nitrogens is 4. The van der Waals surface area contributed by atoms with Crippen molar-refractivity contribution in [2.24, 2.45) is 0 Å². The van der Waals surface area contributed by atoms with Crippen LogP contribution in [0.3, 0.4) is 0 Å². The van der Waals surface area contributed by atoms with Gasteiger partial charge in [0.25, 0.3) is 0 Å². The van der Waals surface area contributed by atoms with E-state index < -0.39 is 0 Å². The molecule has 6 nitrogen and oxygen atoms in total. The summed E-state index contributed by atoms with van der Waals surface area (Å²) in [6.07, 6.45) is 2.15. The second-order valence-electron chi connectivity index (χ2n) is 4.74. The van der Waals surface area contributed by atoms with Crippen molar-refractivity contribution in [3.63, 3.8) is 0 Å². The molecule has 2 aromatic rings. The number of hydrogen-bond donors (Lipinski definition) is 0. The number of likely N-dealkylation sites (tertiary alicyclic amines) is 1. The normalized spacial score (nSPS) is 14.8. The summed E-state index contributed by atoms with van der Waals surface area (Å²) < 4.78 is 0. The zero-order valence-electron chi connectivity index (χ0n) is 10.9. The van der Waals surface area contributed by atoms with Crippen LogP contribution in [0.2, 0.25) is 5.02 Å². The molecule has 2 heterocycles. The van der Waals surface area contributed by atoms with Crippen molar-refractivity contribution in [2.75, 3.05) is 13.1 Å². The van der Waals surface area contributed by atoms with Crippen molar-refractivity contribution in [3.05, 3.63) is 29.3 Å². The molecular formula is C13H14ClN5O. The first-order chi connectivity index (χ1) is 9.72. The van der Waals surface area contributed by atoms with Gasteiger partial charge in [-0.05, 0) is 30.2 Å². The van der Waals surface area contributed by atoms with Crippen molar-refractivity contribution in [2.45, 2.75) is 19.4 Å². The van der Waals surface area contributed by atoms with E-state index in [1.54, 1.807) is 12.1 Å². The monoisotopic (exact) mass is 291 g/mol. The zero-order valence-corrected chi connectivity index (χ0v) is 11.6. The van der Waals surface area contributed by atoms with Gasteiger partial charge >= 0.3 is 0 Å². The number of nitrogens with zero attached hydrogens (tertiary/aromatic N) is 5. The summed E-state index contributed by atoms with van der Waals surface area (Å²) in [4.78, 5) is 15.2. The highest BCUT2D eigenvalue weighted by Crippen LogP contribution is 2.18. The maximum absolute atomic E-state index is 12.0. The Hall–Kier alpha value is -1.95. The summed E-state index contributed by atoms with van der Waals surface area (Å²) in [6.45, 7) is 1.79. The van der Waals surface area contributed by atoms with Gasteiger partial charge in [-0.2, -0.15) is 4.80 Å². The van der Waals surface area contributed by atoms with Gasteiger partial charge in [0.15, 0.2) is 0 Å². The Labute approximate surface area is 121 Å². The van der Waals surface area contributed by atoms with E-state index in [1.165, 1.54) is 4.80 Å². The van der Waals surface area contributed by atoms with E-state index >= 15 is 0 Å². The zero-order chi connectivity index (χ0) is 13.9. The third-order valence-electron chi connectivity index (χ3n) is 3.27. The number of hydrogen-bond acceptors (Lipinski definition) is 4. The van der Waals surface area contributed by atoms with Crippen LogP contribution in [0, 0.1) is 0 Å². The van der Waals surface area contributed by atoms with Crippen LogP contribution < -0.4 is 0 Å². The fourth-order valence-corrected chi connectivity index (χ4v) is 2.43. The highest BCUT2D eigenvalue weighted by atomic mass is 35.5. The molecule has 1 amide bonds. The highest BCUT2D eigenvalue weighted by molar-refractivity contribution is 6.30. The Balaban J connectivity index is 1.72. The fourth-order valence-electron chi connectivity index (χ4n) is 2.24. The Bertz CT molecular complexity index is 621. The lowest BCUT2D eigenvalue weighted by atomic mass is 10.2. The Morgan fingerprint density at radius 2 is 2.10 bits per heavy atom. The third-order valence-corrected chi connectivity index (χ3v) is 3.51. The largest absolute Gasteiger partial charge is 0.341 e. The SMILES string of the molecule is O=C(Cn1nnc(-c2cccc(Cl)c2)n1)N1CCCC1. The van der Waals surface area contributed by atoms with Crippen molar-refractivity contribution < 1.29 is 4.79 Å². The molecule has 1 saturated heterocycles. The molecule has 0 bridgehead atoms. The van der Waals surface area contributed by atoms with Gasteiger partial charge in [-0.3, -0.25) is 4.79 Å². The highest BCUT2D eigenvalue weighted by Gasteiger charge is 2.19. The number of carbonyl (C=O) groups excluding carboxylic acids is 1. The summed E-state index contributed by atoms with van der Waals surface area (Å²) in [5.41, 5.74) is 0.789. The average Bonchev–Trinajstić information content (AvgIpc) is 3.10. The van der Waals surface area contributed by atoms with Gasteiger partial charge in [0.2, 0.25) is 11.7 Å². The number of amides is 1. The van der Waals surface area contributed by atoms with Gasteiger partial charge in [-0.1, -0.05) is 23.7 Å². The standard InChI is InChI=1S/C13H14ClN5O/c14-11-5-3-4-10(8-11)13-15-17-19(16-13)9-12(20)18-6-1-2-7-18/h3-5,8H,1-2,6-7,9H2. The predicted octanol–water partition coefficient (Wildman–Crippen LogP) is 1.62. The number of halogens is 1. The lowest BCUT2D eigenvalue weighted by molar-refractivity contribution is -0.131. The van der Waals surface area contributed by atoms with E-state index in [4.69, 9.17) is 11.6 Å². The molecular weight excluding hydrogens is 278 g/mol. The Kier molecular flexibility index (Phi) is 3.64. The third kappa shape index (κ3) is 2.80. The summed E-state index contributed by atoms with van der Waals surface area (Å²) in [5.74, 6) is 0.513. The molecule has 0 atom stereocenters. The van der Waals surface area contributed by atoms with Gasteiger partial charge in [-0.15, -0.1) is 10.2 Å². The molecule has 1 aromatic carbocycles. The van der Waals surface area contributed by atoms with E-state index in [2.05, 4.69) is 15.4 Å². The first-order valence-electron chi connectivity index (χ1n) is 6.54. The maximum atomic E-state index is 12.0. The Morgan fingerprint density at radius 1 is 1.30 bits per heavy atom. The van der Waals surface area contributed by atoms with Gasteiger partial charge < -0.3 is 4.90 Å². The number of rotatable bonds is 3. The molecule has 20 heavy (non-hydrogen) atoms. The van der Waals surface area contributed by atoms with Crippen LogP contribution in [0.15, 0.2) is 24.3 Å². The fraction of sp³-hybridized carbons (Fsp3) is 0.385. The first-order valence-corrected chi connectivity index (χ1v) is 6.92. The molecule has 0 aliphatic carbocycles. The van der Waals surface area contributed by atoms with Crippen molar-refractivity contribution in [1.29, 1.82) is 0 Å². The molecule has 0 N–H and O–H groups in total. The second-order valence-corrected chi connectivity index (χ2v) is 5.18. The lowest BCUT2D eigenvalue weighted by Crippen LogP contribution is -2.31. The first kappa shape index (κ1) is 13.1. The van der Waals surface area contributed by atoms with Crippen LogP contribution >= 0.6 is 11.6 Å². The summed E-state index contributed by atoms with van der Waals surface area (Å²) >= 11 is 5.93. The molecule has 0 unspecified atom stereocenters. The van der Waals surface area contributed by atoms with Crippen molar-refractivity contribution in [1.82, 2.24) is 25.1 Å². The van der Waals surface area contributed by atoms with Crippen LogP contribution in [0.25, 0.3) is 11.4 Å². The van der Waals surface area contributed by atoms with Crippen LogP contribution in [0.4, 0.5) is 0 Å². The van der Waals surface area contributed by atoms with Crippen molar-refractivity contribution in [3.8, 4) is 11.4 Å². The average molecular weight is 292 g/mol. The van der Waals surface area contributed by atoms with E-state index in [0.717, 1.165) is 31.5 Å². The minimum absolute atomic E-state index is 0.0394. The quantitative estimate of drug-likeness (QED) is 0.862. The number of tetrazole rings is 1. The smallest absolute Gasteiger partial charge is 0.246 e. The van der Waals surface area contributed by atoms with Crippen LogP contribution in [0.1, 0.15) is 12.8 Å². The molecule has 1 fully saturated rings. The van der Waals surface area contributed by atoms with E-state index in [0.29, 0.717) is 10.8 Å². The van der Waals surface area contributed by atoms with E-state index in [-0.39, 0.29) is 12.5 Å². The topological polar surface area (TPSA) is 63.9 Å². The lowest BCUT2D eigenvalue weighted by Gasteiger charge is -2.13. The van der Waals surface area contributed by atoms with Gasteiger partial charge in [0.1, 0.15) is 6.54 Å². The summed E-state index contributed by atoms with van der Waals surface area (Å²) in [7, 11) is 0. The maximum Gasteiger partial charge on any atom is 0.246 e. The molecule has 0 radical (unpaired) electrons. The van der Waals surface area contributed by atoms with Crippen LogP contribution in [0.5, 0.6) is 0 Å². The van der Waals surface area contributed by atoms with Crippen LogP contribution in [-0.2, 0) is 11.3 Å². The summed E-state index contributed by atoms with van der Waals surface area (Å²) in [6, 6.07) is 7.24. The number of benzene rings is 1. The van der Waals surface area contributed by atoms with Gasteiger partial charge in [0, 0.05) is 23.7 Å². The van der Waals surface area contributed by atoms with Crippen molar-refractivity contribution >= 4 is 17.5 Å². The van der Waals surface area contributed by atoms with Gasteiger partial charge in [0.05, 0.1) is 0 Å². The number of carbonyl (C=O) groups is 1. The molecule has 1 aliphatic heterocycles. The molecule has 0 saturated carbocycles. The van der Waals surface area contributed by atoms with E-state index in [1.807, 2.05) is 17.0 Å². The molecule has 3 rings (SSSR count). The van der Waals surface area contributed by atoms with Crippen LogP contribution in [-0.4, -0.2) is 44.1 Å². The summed E-state index contributed by atoms with van der Waals surface area (Å²) in [5, 5.41) is 12.7. The predicted molar refractivity (Wildman–Crippen MR) is 74.1 cm³/mol. The molecule has 7 heteroatoms. The van der Waals surface area contributed by atoms with Gasteiger partial charge in [-0.25, -0.2) is 0 Å². The molecule has 0 spiro atoms. The molecule has 1 aromatic heterocycles. The minimum atomic E-state index is 0.0394. The molecule has 1 aliphatic rings. The second kappa shape index (κ2) is 5.58. The van der Waals surface area contributed by atoms with E-state index in [9.17, 15) is 4.79 Å². The Morgan fingerprint density at radius 3 is 2.85 bits per heavy atom.